The Morgan fingerprint density at radius 2 is 2.43 bits per heavy atom. The van der Waals surface area contributed by atoms with E-state index in [0.717, 1.165) is 17.7 Å². The number of pyridine rings is 1. The van der Waals surface area contributed by atoms with E-state index in [-0.39, 0.29) is 5.78 Å². The van der Waals surface area contributed by atoms with E-state index in [9.17, 15) is 4.79 Å². The lowest BCUT2D eigenvalue weighted by Gasteiger charge is -1.99. The first-order valence-electron chi connectivity index (χ1n) is 4.81. The molecule has 0 fully saturated rings. The third kappa shape index (κ3) is 4.42. The van der Waals surface area contributed by atoms with E-state index < -0.39 is 0 Å². The number of thioether (sulfide) groups is 1. The highest BCUT2D eigenvalue weighted by Crippen LogP contribution is 2.05. The van der Waals surface area contributed by atoms with E-state index in [0.29, 0.717) is 12.2 Å². The van der Waals surface area contributed by atoms with Gasteiger partial charge in [0.2, 0.25) is 0 Å². The first-order valence-corrected chi connectivity index (χ1v) is 5.96. The van der Waals surface area contributed by atoms with Crippen LogP contribution in [0.25, 0.3) is 0 Å². The van der Waals surface area contributed by atoms with Gasteiger partial charge in [-0.1, -0.05) is 13.0 Å². The molecule has 0 saturated heterocycles. The summed E-state index contributed by atoms with van der Waals surface area (Å²) in [7, 11) is 0. The van der Waals surface area contributed by atoms with Gasteiger partial charge in [-0.2, -0.15) is 11.8 Å². The van der Waals surface area contributed by atoms with Gasteiger partial charge in [0.05, 0.1) is 5.75 Å². The Bertz CT molecular complexity index is 274. The monoisotopic (exact) mass is 209 g/mol. The van der Waals surface area contributed by atoms with E-state index in [1.807, 2.05) is 12.1 Å². The second-order valence-corrected chi connectivity index (χ2v) is 4.23. The molecule has 0 aliphatic heterocycles. The van der Waals surface area contributed by atoms with Gasteiger partial charge in [0.1, 0.15) is 5.78 Å². The van der Waals surface area contributed by atoms with Gasteiger partial charge in [0, 0.05) is 18.8 Å². The lowest BCUT2D eigenvalue weighted by Crippen LogP contribution is -2.06. The molecule has 1 aromatic heterocycles. The van der Waals surface area contributed by atoms with Crippen LogP contribution in [0.1, 0.15) is 18.9 Å². The van der Waals surface area contributed by atoms with Crippen molar-refractivity contribution in [1.29, 1.82) is 0 Å². The number of aromatic nitrogens is 1. The quantitative estimate of drug-likeness (QED) is 0.674. The van der Waals surface area contributed by atoms with Crippen LogP contribution in [0.5, 0.6) is 0 Å². The average molecular weight is 209 g/mol. The van der Waals surface area contributed by atoms with Crippen LogP contribution >= 0.6 is 11.8 Å². The van der Waals surface area contributed by atoms with Crippen LogP contribution in [0.4, 0.5) is 0 Å². The first kappa shape index (κ1) is 11.2. The topological polar surface area (TPSA) is 30.0 Å². The number of ketones is 1. The molecule has 0 aliphatic rings. The van der Waals surface area contributed by atoms with Crippen LogP contribution in [0.3, 0.4) is 0 Å². The normalized spacial score (nSPS) is 10.1. The number of carbonyl (C=O) groups is 1. The Balaban J connectivity index is 2.27. The molecule has 2 nitrogen and oxygen atoms in total. The van der Waals surface area contributed by atoms with Crippen LogP contribution in [-0.4, -0.2) is 22.3 Å². The fourth-order valence-corrected chi connectivity index (χ4v) is 1.87. The van der Waals surface area contributed by atoms with Crippen LogP contribution in [0.2, 0.25) is 0 Å². The summed E-state index contributed by atoms with van der Waals surface area (Å²) in [5, 5.41) is 0. The predicted octanol–water partition coefficient (Wildman–Crippen LogP) is 2.34. The Morgan fingerprint density at radius 1 is 1.57 bits per heavy atom. The van der Waals surface area contributed by atoms with E-state index >= 15 is 0 Å². The minimum absolute atomic E-state index is 0.288. The first-order chi connectivity index (χ1) is 6.83. The molecule has 0 amide bonds. The van der Waals surface area contributed by atoms with Crippen LogP contribution < -0.4 is 0 Å². The van der Waals surface area contributed by atoms with Crippen molar-refractivity contribution in [2.75, 3.05) is 11.5 Å². The van der Waals surface area contributed by atoms with Crippen molar-refractivity contribution in [2.45, 2.75) is 19.8 Å². The average Bonchev–Trinajstić information content (AvgIpc) is 2.20. The van der Waals surface area contributed by atoms with Crippen molar-refractivity contribution >= 4 is 17.5 Å². The van der Waals surface area contributed by atoms with Crippen molar-refractivity contribution < 1.29 is 4.79 Å². The van der Waals surface area contributed by atoms with E-state index in [1.54, 1.807) is 24.2 Å². The van der Waals surface area contributed by atoms with Crippen molar-refractivity contribution in [3.05, 3.63) is 30.1 Å². The van der Waals surface area contributed by atoms with Gasteiger partial charge in [-0.05, 0) is 23.8 Å². The summed E-state index contributed by atoms with van der Waals surface area (Å²) in [6.07, 6.45) is 5.12. The molecule has 1 heterocycles. The van der Waals surface area contributed by atoms with Crippen molar-refractivity contribution in [3.63, 3.8) is 0 Å². The molecule has 14 heavy (non-hydrogen) atoms. The largest absolute Gasteiger partial charge is 0.298 e. The summed E-state index contributed by atoms with van der Waals surface area (Å²) >= 11 is 1.71. The van der Waals surface area contributed by atoms with Gasteiger partial charge in [-0.15, -0.1) is 0 Å². The number of hydrogen-bond donors (Lipinski definition) is 0. The maximum absolute atomic E-state index is 11.4. The van der Waals surface area contributed by atoms with Gasteiger partial charge in [0.15, 0.2) is 0 Å². The molecule has 76 valence electrons. The Labute approximate surface area is 89.1 Å². The molecule has 1 rings (SSSR count). The molecule has 0 N–H and O–H groups in total. The zero-order valence-electron chi connectivity index (χ0n) is 8.40. The third-order valence-electron chi connectivity index (χ3n) is 1.74. The molecule has 0 radical (unpaired) electrons. The highest BCUT2D eigenvalue weighted by Gasteiger charge is 2.02. The molecule has 0 saturated carbocycles. The highest BCUT2D eigenvalue weighted by atomic mass is 32.2. The van der Waals surface area contributed by atoms with E-state index in [4.69, 9.17) is 0 Å². The number of nitrogens with zero attached hydrogens (tertiary/aromatic N) is 1. The molecule has 0 aliphatic carbocycles. The summed E-state index contributed by atoms with van der Waals surface area (Å²) in [6.45, 7) is 2.12. The molecule has 0 bridgehead atoms. The van der Waals surface area contributed by atoms with Gasteiger partial charge in [0.25, 0.3) is 0 Å². The summed E-state index contributed by atoms with van der Waals surface area (Å²) in [6, 6.07) is 3.80. The second-order valence-electron chi connectivity index (χ2n) is 3.13. The standard InChI is InChI=1S/C11H15NOS/c1-2-6-14-9-11(13)7-10-4-3-5-12-8-10/h3-5,8H,2,6-7,9H2,1H3. The summed E-state index contributed by atoms with van der Waals surface area (Å²) in [5.41, 5.74) is 1.01. The predicted molar refractivity (Wildman–Crippen MR) is 60.6 cm³/mol. The van der Waals surface area contributed by atoms with Crippen molar-refractivity contribution in [3.8, 4) is 0 Å². The summed E-state index contributed by atoms with van der Waals surface area (Å²) < 4.78 is 0. The lowest BCUT2D eigenvalue weighted by molar-refractivity contribution is -0.116. The SMILES string of the molecule is CCCSCC(=O)Cc1cccnc1. The minimum atomic E-state index is 0.288. The van der Waals surface area contributed by atoms with Gasteiger partial charge < -0.3 is 0 Å². The molecule has 0 atom stereocenters. The molecule has 0 unspecified atom stereocenters. The molecular weight excluding hydrogens is 194 g/mol. The van der Waals surface area contributed by atoms with E-state index in [2.05, 4.69) is 11.9 Å². The number of hydrogen-bond acceptors (Lipinski definition) is 3. The molecule has 3 heteroatoms. The minimum Gasteiger partial charge on any atom is -0.298 e. The maximum atomic E-state index is 11.4. The Kier molecular flexibility index (Phi) is 5.30. The van der Waals surface area contributed by atoms with E-state index in [1.165, 1.54) is 0 Å². The highest BCUT2D eigenvalue weighted by molar-refractivity contribution is 7.99. The lowest BCUT2D eigenvalue weighted by atomic mass is 10.2. The fourth-order valence-electron chi connectivity index (χ4n) is 1.11. The van der Waals surface area contributed by atoms with Gasteiger partial charge >= 0.3 is 0 Å². The molecule has 1 aromatic rings. The number of rotatable bonds is 6. The van der Waals surface area contributed by atoms with Gasteiger partial charge in [-0.3, -0.25) is 9.78 Å². The number of Topliss-reactive ketones (excluding diaryl/α,β-unsaturated/α-hetero) is 1. The Morgan fingerprint density at radius 3 is 3.07 bits per heavy atom. The molecule has 0 aromatic carbocycles. The van der Waals surface area contributed by atoms with Crippen LogP contribution in [0.15, 0.2) is 24.5 Å². The van der Waals surface area contributed by atoms with Crippen LogP contribution in [0, 0.1) is 0 Å². The van der Waals surface area contributed by atoms with Crippen LogP contribution in [-0.2, 0) is 11.2 Å². The summed E-state index contributed by atoms with van der Waals surface area (Å²) in [5.74, 6) is 1.98. The summed E-state index contributed by atoms with van der Waals surface area (Å²) in [4.78, 5) is 15.4. The smallest absolute Gasteiger partial charge is 0.147 e. The van der Waals surface area contributed by atoms with Crippen molar-refractivity contribution in [2.24, 2.45) is 0 Å². The second kappa shape index (κ2) is 6.60. The third-order valence-corrected chi connectivity index (χ3v) is 2.96. The maximum Gasteiger partial charge on any atom is 0.147 e. The van der Waals surface area contributed by atoms with Gasteiger partial charge in [-0.25, -0.2) is 0 Å². The molecular formula is C11H15NOS. The zero-order chi connectivity index (χ0) is 10.2. The molecule has 0 spiro atoms. The zero-order valence-corrected chi connectivity index (χ0v) is 9.22. The number of carbonyl (C=O) groups excluding carboxylic acids is 1. The Hall–Kier alpha value is -0.830. The fraction of sp³-hybridized carbons (Fsp3) is 0.455. The van der Waals surface area contributed by atoms with Crippen molar-refractivity contribution in [1.82, 2.24) is 4.98 Å².